The minimum atomic E-state index is -1.12. The Labute approximate surface area is 153 Å². The molecular weight excluding hydrogens is 362 g/mol. The van der Waals surface area contributed by atoms with Crippen LogP contribution in [-0.2, 0) is 9.53 Å². The van der Waals surface area contributed by atoms with Crippen LogP contribution in [0.5, 0.6) is 0 Å². The van der Waals surface area contributed by atoms with Gasteiger partial charge in [0.25, 0.3) is 0 Å². The molecule has 1 saturated heterocycles. The topological polar surface area (TPSA) is 157 Å². The predicted molar refractivity (Wildman–Crippen MR) is 94.5 cm³/mol. The van der Waals surface area contributed by atoms with Gasteiger partial charge in [0.15, 0.2) is 17.7 Å². The van der Waals surface area contributed by atoms with E-state index >= 15 is 0 Å². The van der Waals surface area contributed by atoms with Gasteiger partial charge in [0.1, 0.15) is 24.1 Å². The second-order valence-electron chi connectivity index (χ2n) is 6.06. The van der Waals surface area contributed by atoms with E-state index in [9.17, 15) is 15.0 Å². The van der Waals surface area contributed by atoms with Crippen LogP contribution in [0.1, 0.15) is 25.5 Å². The Kier molecular flexibility index (Phi) is 5.91. The lowest BCUT2D eigenvalue weighted by Gasteiger charge is -2.16. The first kappa shape index (κ1) is 18.8. The molecule has 1 aliphatic heterocycles. The molecule has 0 bridgehead atoms. The number of anilines is 1. The van der Waals surface area contributed by atoms with Crippen molar-refractivity contribution in [1.82, 2.24) is 19.5 Å². The number of unbranched alkanes of at least 4 members (excludes halogenated alkanes) is 1. The standard InChI is InChI=1S/C15H21N5O5S/c16-13-10-14(18-6-17-13)20(7-19-10)15-12(24)11(23)8(25-15)5-26-4-2-1-3-9(21)22/h6-8,11-12,15,23-24H,1-5H2,(H,21,22)(H2,16,17,18)/t8-,11-,12-,15-/m1/s1. The average Bonchev–Trinajstić information content (AvgIpc) is 3.15. The highest BCUT2D eigenvalue weighted by Gasteiger charge is 2.44. The van der Waals surface area contributed by atoms with Crippen molar-refractivity contribution in [3.63, 3.8) is 0 Å². The maximum Gasteiger partial charge on any atom is 0.303 e. The molecule has 0 amide bonds. The zero-order valence-electron chi connectivity index (χ0n) is 13.9. The average molecular weight is 383 g/mol. The zero-order valence-corrected chi connectivity index (χ0v) is 14.7. The molecule has 2 aromatic heterocycles. The van der Waals surface area contributed by atoms with E-state index in [1.807, 2.05) is 0 Å². The SMILES string of the molecule is Nc1ncnc2c1ncn2[C@@H]1O[C@H](CSCCCCC(=O)O)[C@@H](O)[C@H]1O. The largest absolute Gasteiger partial charge is 0.481 e. The van der Waals surface area contributed by atoms with E-state index < -0.39 is 30.5 Å². The second kappa shape index (κ2) is 8.16. The number of imidazole rings is 1. The van der Waals surface area contributed by atoms with E-state index in [0.717, 1.165) is 12.2 Å². The first-order valence-electron chi connectivity index (χ1n) is 8.23. The quantitative estimate of drug-likeness (QED) is 0.458. The van der Waals surface area contributed by atoms with Gasteiger partial charge in [0, 0.05) is 12.2 Å². The molecule has 0 saturated carbocycles. The van der Waals surface area contributed by atoms with Gasteiger partial charge in [0.2, 0.25) is 0 Å². The fourth-order valence-electron chi connectivity index (χ4n) is 2.83. The number of aliphatic hydroxyl groups excluding tert-OH is 2. The summed E-state index contributed by atoms with van der Waals surface area (Å²) in [6.07, 6.45) is 0.776. The summed E-state index contributed by atoms with van der Waals surface area (Å²) in [7, 11) is 0. The number of carboxylic acids is 1. The van der Waals surface area contributed by atoms with Crippen LogP contribution >= 0.6 is 11.8 Å². The highest BCUT2D eigenvalue weighted by molar-refractivity contribution is 7.99. The number of carbonyl (C=O) groups is 1. The van der Waals surface area contributed by atoms with Gasteiger partial charge in [-0.1, -0.05) is 0 Å². The number of nitrogen functional groups attached to an aromatic ring is 1. The molecule has 3 rings (SSSR count). The number of aromatic nitrogens is 4. The minimum absolute atomic E-state index is 0.155. The summed E-state index contributed by atoms with van der Waals surface area (Å²) in [5.74, 6) is 0.687. The van der Waals surface area contributed by atoms with Crippen LogP contribution < -0.4 is 5.73 Å². The highest BCUT2D eigenvalue weighted by atomic mass is 32.2. The van der Waals surface area contributed by atoms with Crippen molar-refractivity contribution < 1.29 is 24.9 Å². The summed E-state index contributed by atoms with van der Waals surface area (Å²) in [4.78, 5) is 22.6. The van der Waals surface area contributed by atoms with Crippen LogP contribution in [0.4, 0.5) is 5.82 Å². The van der Waals surface area contributed by atoms with E-state index in [1.54, 1.807) is 16.3 Å². The lowest BCUT2D eigenvalue weighted by molar-refractivity contribution is -0.137. The van der Waals surface area contributed by atoms with E-state index in [4.69, 9.17) is 15.6 Å². The number of aliphatic carboxylic acids is 1. The van der Waals surface area contributed by atoms with Crippen LogP contribution in [0.3, 0.4) is 0 Å². The Bertz CT molecular complexity index is 772. The van der Waals surface area contributed by atoms with Crippen molar-refractivity contribution in [2.45, 2.75) is 43.8 Å². The normalized spacial score (nSPS) is 25.8. The minimum Gasteiger partial charge on any atom is -0.481 e. The van der Waals surface area contributed by atoms with Crippen molar-refractivity contribution in [2.24, 2.45) is 0 Å². The molecule has 1 aliphatic rings. The number of nitrogens with zero attached hydrogens (tertiary/aromatic N) is 4. The Morgan fingerprint density at radius 3 is 2.85 bits per heavy atom. The first-order valence-corrected chi connectivity index (χ1v) is 9.38. The lowest BCUT2D eigenvalue weighted by Crippen LogP contribution is -2.32. The van der Waals surface area contributed by atoms with E-state index in [-0.39, 0.29) is 12.2 Å². The fourth-order valence-corrected chi connectivity index (χ4v) is 3.92. The van der Waals surface area contributed by atoms with Crippen LogP contribution in [-0.4, -0.2) is 70.6 Å². The number of rotatable bonds is 8. The van der Waals surface area contributed by atoms with Crippen LogP contribution in [0, 0.1) is 0 Å². The summed E-state index contributed by atoms with van der Waals surface area (Å²) in [5, 5.41) is 29.2. The van der Waals surface area contributed by atoms with Gasteiger partial charge in [-0.15, -0.1) is 0 Å². The second-order valence-corrected chi connectivity index (χ2v) is 7.20. The summed E-state index contributed by atoms with van der Waals surface area (Å²) in [6.45, 7) is 0. The van der Waals surface area contributed by atoms with Crippen molar-refractivity contribution in [2.75, 3.05) is 17.2 Å². The first-order chi connectivity index (χ1) is 12.5. The molecule has 11 heteroatoms. The van der Waals surface area contributed by atoms with Crippen molar-refractivity contribution >= 4 is 34.7 Å². The van der Waals surface area contributed by atoms with Gasteiger partial charge in [-0.3, -0.25) is 9.36 Å². The number of carboxylic acid groups (broad SMARTS) is 1. The molecule has 4 atom stereocenters. The van der Waals surface area contributed by atoms with Crippen LogP contribution in [0.25, 0.3) is 11.2 Å². The molecule has 5 N–H and O–H groups in total. The van der Waals surface area contributed by atoms with Gasteiger partial charge in [-0.05, 0) is 18.6 Å². The number of thioether (sulfide) groups is 1. The van der Waals surface area contributed by atoms with Gasteiger partial charge in [-0.2, -0.15) is 11.8 Å². The predicted octanol–water partition coefficient (Wildman–Crippen LogP) is 0.0158. The molecule has 0 aromatic carbocycles. The third kappa shape index (κ3) is 3.90. The number of nitrogens with two attached hydrogens (primary N) is 1. The van der Waals surface area contributed by atoms with E-state index in [2.05, 4.69) is 15.0 Å². The number of ether oxygens (including phenoxy) is 1. The smallest absolute Gasteiger partial charge is 0.303 e. The molecule has 0 spiro atoms. The maximum atomic E-state index is 10.5. The number of hydrogen-bond acceptors (Lipinski definition) is 9. The number of hydrogen-bond donors (Lipinski definition) is 4. The van der Waals surface area contributed by atoms with E-state index in [0.29, 0.717) is 23.3 Å². The van der Waals surface area contributed by atoms with Gasteiger partial charge >= 0.3 is 5.97 Å². The van der Waals surface area contributed by atoms with Crippen LogP contribution in [0.15, 0.2) is 12.7 Å². The molecule has 0 radical (unpaired) electrons. The maximum absolute atomic E-state index is 10.5. The third-order valence-electron chi connectivity index (χ3n) is 4.21. The van der Waals surface area contributed by atoms with Crippen molar-refractivity contribution in [1.29, 1.82) is 0 Å². The highest BCUT2D eigenvalue weighted by Crippen LogP contribution is 2.33. The summed E-state index contributed by atoms with van der Waals surface area (Å²) in [6, 6.07) is 0. The Hall–Kier alpha value is -1.95. The molecule has 10 nitrogen and oxygen atoms in total. The molecule has 0 aliphatic carbocycles. The summed E-state index contributed by atoms with van der Waals surface area (Å²) in [5.41, 5.74) is 6.60. The summed E-state index contributed by atoms with van der Waals surface area (Å²) < 4.78 is 7.37. The fraction of sp³-hybridized carbons (Fsp3) is 0.600. The molecule has 2 aromatic rings. The zero-order chi connectivity index (χ0) is 18.7. The molecule has 0 unspecified atom stereocenters. The van der Waals surface area contributed by atoms with Gasteiger partial charge < -0.3 is 25.8 Å². The van der Waals surface area contributed by atoms with Crippen molar-refractivity contribution in [3.8, 4) is 0 Å². The third-order valence-corrected chi connectivity index (χ3v) is 5.35. The van der Waals surface area contributed by atoms with E-state index in [1.165, 1.54) is 12.7 Å². The molecular formula is C15H21N5O5S. The summed E-state index contributed by atoms with van der Waals surface area (Å²) >= 11 is 1.55. The Morgan fingerprint density at radius 1 is 1.27 bits per heavy atom. The number of aliphatic hydroxyl groups is 2. The molecule has 26 heavy (non-hydrogen) atoms. The van der Waals surface area contributed by atoms with Gasteiger partial charge in [-0.25, -0.2) is 15.0 Å². The Morgan fingerprint density at radius 2 is 2.08 bits per heavy atom. The Balaban J connectivity index is 1.59. The van der Waals surface area contributed by atoms with Gasteiger partial charge in [0.05, 0.1) is 12.4 Å². The molecule has 1 fully saturated rings. The van der Waals surface area contributed by atoms with Crippen LogP contribution in [0.2, 0.25) is 0 Å². The number of fused-ring (bicyclic) bond motifs is 1. The molecule has 3 heterocycles. The monoisotopic (exact) mass is 383 g/mol. The molecule has 142 valence electrons. The van der Waals surface area contributed by atoms with Crippen molar-refractivity contribution in [3.05, 3.63) is 12.7 Å². The lowest BCUT2D eigenvalue weighted by atomic mass is 10.1.